The molecule has 2 atom stereocenters. The van der Waals surface area contributed by atoms with Gasteiger partial charge in [-0.1, -0.05) is 117 Å². The molecule has 0 aliphatic heterocycles. The van der Waals surface area contributed by atoms with Crippen LogP contribution in [-0.4, -0.2) is 41.0 Å². The number of ether oxygens (including phenoxy) is 1. The van der Waals surface area contributed by atoms with E-state index in [-0.39, 0.29) is 18.2 Å². The molecule has 0 saturated carbocycles. The smallest absolute Gasteiger partial charge is 0.408 e. The van der Waals surface area contributed by atoms with Crippen molar-refractivity contribution in [3.63, 3.8) is 0 Å². The molecule has 0 heterocycles. The molecule has 45 heavy (non-hydrogen) atoms. The van der Waals surface area contributed by atoms with Gasteiger partial charge in [-0.2, -0.15) is 0 Å². The molecule has 242 valence electrons. The summed E-state index contributed by atoms with van der Waals surface area (Å²) in [5.41, 5.74) is 3.90. The molecular weight excluding hydrogens is 562 g/mol. The fraction of sp³-hybridized carbons (Fsp3) is 0.447. The second-order valence-corrected chi connectivity index (χ2v) is 12.8. The Morgan fingerprint density at radius 2 is 1.44 bits per heavy atom. The van der Waals surface area contributed by atoms with Gasteiger partial charge < -0.3 is 20.3 Å². The number of unbranched alkanes of at least 4 members (excludes halogenated alkanes) is 4. The van der Waals surface area contributed by atoms with Gasteiger partial charge >= 0.3 is 6.09 Å². The third-order valence-electron chi connectivity index (χ3n) is 7.65. The molecule has 0 saturated heterocycles. The van der Waals surface area contributed by atoms with Gasteiger partial charge in [0.25, 0.3) is 0 Å². The van der Waals surface area contributed by atoms with E-state index in [1.165, 1.54) is 0 Å². The molecule has 0 bridgehead atoms. The van der Waals surface area contributed by atoms with E-state index in [0.717, 1.165) is 59.9 Å². The Bertz CT molecular complexity index is 1370. The average Bonchev–Trinajstić information content (AvgIpc) is 2.99. The lowest BCUT2D eigenvalue weighted by atomic mass is 9.95. The Morgan fingerprint density at radius 1 is 0.822 bits per heavy atom. The van der Waals surface area contributed by atoms with E-state index in [9.17, 15) is 14.4 Å². The maximum atomic E-state index is 14.7. The molecule has 2 unspecified atom stereocenters. The molecule has 0 spiro atoms. The molecule has 0 aliphatic rings. The Balaban J connectivity index is 2.04. The van der Waals surface area contributed by atoms with E-state index in [4.69, 9.17) is 4.74 Å². The maximum absolute atomic E-state index is 14.7. The normalized spacial score (nSPS) is 12.6. The Labute approximate surface area is 269 Å². The van der Waals surface area contributed by atoms with Crippen molar-refractivity contribution in [3.05, 3.63) is 107 Å². The standard InChI is InChI=1S/C38H51N3O4/c1-7-8-9-10-17-24-41(36(43)33(26-30-18-13-11-14-19-30)40-37(44)45-38(4,5)6)34(32-23-22-28(2)25-29(32)3)35(42)39-27-31-20-15-12-16-21-31/h11-16,18-23,25,33-34H,7-10,17,24,26-27H2,1-6H3,(H,39,42)(H,40,44). The Kier molecular flexibility index (Phi) is 13.7. The highest BCUT2D eigenvalue weighted by Gasteiger charge is 2.36. The van der Waals surface area contributed by atoms with Gasteiger partial charge in [0.05, 0.1) is 0 Å². The van der Waals surface area contributed by atoms with Crippen LogP contribution in [-0.2, 0) is 27.3 Å². The first kappa shape index (κ1) is 35.4. The van der Waals surface area contributed by atoms with Crippen LogP contribution in [0.3, 0.4) is 0 Å². The molecule has 3 aromatic carbocycles. The molecule has 2 N–H and O–H groups in total. The second kappa shape index (κ2) is 17.4. The molecule has 0 aromatic heterocycles. The van der Waals surface area contributed by atoms with Crippen molar-refractivity contribution in [1.29, 1.82) is 0 Å². The number of aryl methyl sites for hydroxylation is 2. The van der Waals surface area contributed by atoms with Gasteiger partial charge in [-0.15, -0.1) is 0 Å². The van der Waals surface area contributed by atoms with Crippen LogP contribution in [0.2, 0.25) is 0 Å². The van der Waals surface area contributed by atoms with Crippen LogP contribution in [0.1, 0.15) is 93.7 Å². The summed E-state index contributed by atoms with van der Waals surface area (Å²) in [6.07, 6.45) is 4.54. The Hall–Kier alpha value is -4.13. The number of benzene rings is 3. The molecule has 3 amide bonds. The number of carbonyl (C=O) groups is 3. The summed E-state index contributed by atoms with van der Waals surface area (Å²) in [6, 6.07) is 23.5. The summed E-state index contributed by atoms with van der Waals surface area (Å²) in [4.78, 5) is 43.7. The van der Waals surface area contributed by atoms with Gasteiger partial charge in [-0.05, 0) is 63.3 Å². The fourth-order valence-corrected chi connectivity index (χ4v) is 5.42. The van der Waals surface area contributed by atoms with Crippen molar-refractivity contribution in [1.82, 2.24) is 15.5 Å². The highest BCUT2D eigenvalue weighted by Crippen LogP contribution is 2.28. The molecule has 7 heteroatoms. The van der Waals surface area contributed by atoms with Gasteiger partial charge in [0.2, 0.25) is 11.8 Å². The van der Waals surface area contributed by atoms with Gasteiger partial charge in [0.1, 0.15) is 17.7 Å². The number of carbonyl (C=O) groups excluding carboxylic acids is 3. The maximum Gasteiger partial charge on any atom is 0.408 e. The van der Waals surface area contributed by atoms with Gasteiger partial charge in [-0.3, -0.25) is 9.59 Å². The minimum absolute atomic E-state index is 0.260. The van der Waals surface area contributed by atoms with Crippen LogP contribution in [0, 0.1) is 13.8 Å². The topological polar surface area (TPSA) is 87.7 Å². The first-order valence-electron chi connectivity index (χ1n) is 16.2. The molecule has 7 nitrogen and oxygen atoms in total. The summed E-state index contributed by atoms with van der Waals surface area (Å²) in [7, 11) is 0. The zero-order valence-corrected chi connectivity index (χ0v) is 27.9. The van der Waals surface area contributed by atoms with E-state index in [0.29, 0.717) is 13.1 Å². The highest BCUT2D eigenvalue weighted by atomic mass is 16.6. The van der Waals surface area contributed by atoms with Crippen LogP contribution in [0.15, 0.2) is 78.9 Å². The van der Waals surface area contributed by atoms with Crippen LogP contribution < -0.4 is 10.6 Å². The molecular formula is C38H51N3O4. The van der Waals surface area contributed by atoms with E-state index in [1.807, 2.05) is 92.7 Å². The van der Waals surface area contributed by atoms with Crippen molar-refractivity contribution in [3.8, 4) is 0 Å². The van der Waals surface area contributed by atoms with Crippen molar-refractivity contribution in [2.45, 2.75) is 104 Å². The fourth-order valence-electron chi connectivity index (χ4n) is 5.42. The van der Waals surface area contributed by atoms with E-state index >= 15 is 0 Å². The van der Waals surface area contributed by atoms with Crippen molar-refractivity contribution < 1.29 is 19.1 Å². The second-order valence-electron chi connectivity index (χ2n) is 12.8. The lowest BCUT2D eigenvalue weighted by Gasteiger charge is -2.35. The monoisotopic (exact) mass is 613 g/mol. The quantitative estimate of drug-likeness (QED) is 0.173. The van der Waals surface area contributed by atoms with E-state index in [1.54, 1.807) is 25.7 Å². The van der Waals surface area contributed by atoms with Crippen LogP contribution in [0.5, 0.6) is 0 Å². The summed E-state index contributed by atoms with van der Waals surface area (Å²) in [5.74, 6) is -0.580. The lowest BCUT2D eigenvalue weighted by Crippen LogP contribution is -2.54. The number of amides is 3. The van der Waals surface area contributed by atoms with Crippen molar-refractivity contribution in [2.75, 3.05) is 6.54 Å². The summed E-state index contributed by atoms with van der Waals surface area (Å²) in [6.45, 7) is 12.2. The number of nitrogens with one attached hydrogen (secondary N) is 2. The van der Waals surface area contributed by atoms with Crippen LogP contribution in [0.25, 0.3) is 0 Å². The number of rotatable bonds is 15. The largest absolute Gasteiger partial charge is 0.444 e. The first-order valence-corrected chi connectivity index (χ1v) is 16.2. The summed E-state index contributed by atoms with van der Waals surface area (Å²) >= 11 is 0. The van der Waals surface area contributed by atoms with Gasteiger partial charge in [-0.25, -0.2) is 4.79 Å². The average molecular weight is 614 g/mol. The highest BCUT2D eigenvalue weighted by molar-refractivity contribution is 5.92. The third kappa shape index (κ3) is 11.7. The molecule has 0 fully saturated rings. The van der Waals surface area contributed by atoms with E-state index < -0.39 is 23.8 Å². The van der Waals surface area contributed by atoms with E-state index in [2.05, 4.69) is 17.6 Å². The minimum Gasteiger partial charge on any atom is -0.444 e. The molecule has 0 aliphatic carbocycles. The molecule has 3 aromatic rings. The third-order valence-corrected chi connectivity index (χ3v) is 7.65. The minimum atomic E-state index is -0.937. The van der Waals surface area contributed by atoms with Gasteiger partial charge in [0, 0.05) is 19.5 Å². The predicted molar refractivity (Wildman–Crippen MR) is 181 cm³/mol. The number of alkyl carbamates (subject to hydrolysis) is 1. The zero-order chi connectivity index (χ0) is 32.8. The molecule has 3 rings (SSSR count). The number of hydrogen-bond acceptors (Lipinski definition) is 4. The van der Waals surface area contributed by atoms with Gasteiger partial charge in [0.15, 0.2) is 0 Å². The molecule has 0 radical (unpaired) electrons. The Morgan fingerprint density at radius 3 is 2.04 bits per heavy atom. The number of nitrogens with zero attached hydrogens (tertiary/aromatic N) is 1. The zero-order valence-electron chi connectivity index (χ0n) is 27.9. The van der Waals surface area contributed by atoms with Crippen LogP contribution >= 0.6 is 0 Å². The van der Waals surface area contributed by atoms with Crippen LogP contribution in [0.4, 0.5) is 4.79 Å². The SMILES string of the molecule is CCCCCCCN(C(=O)C(Cc1ccccc1)NC(=O)OC(C)(C)C)C(C(=O)NCc1ccccc1)c1ccc(C)cc1C. The van der Waals surface area contributed by atoms with Crippen molar-refractivity contribution in [2.24, 2.45) is 0 Å². The summed E-state index contributed by atoms with van der Waals surface area (Å²) < 4.78 is 5.57. The summed E-state index contributed by atoms with van der Waals surface area (Å²) in [5, 5.41) is 5.96. The number of hydrogen-bond donors (Lipinski definition) is 2. The first-order chi connectivity index (χ1) is 21.5. The predicted octanol–water partition coefficient (Wildman–Crippen LogP) is 7.60. The van der Waals surface area contributed by atoms with Crippen molar-refractivity contribution >= 4 is 17.9 Å². The lowest BCUT2D eigenvalue weighted by molar-refractivity contribution is -0.142.